The first kappa shape index (κ1) is 22.8. The molecule has 0 amide bonds. The fourth-order valence-corrected chi connectivity index (χ4v) is 3.53. The van der Waals surface area contributed by atoms with Gasteiger partial charge in [-0.15, -0.1) is 0 Å². The van der Waals surface area contributed by atoms with Crippen molar-refractivity contribution >= 4 is 40.5 Å². The lowest BCUT2D eigenvalue weighted by atomic mass is 9.99. The molecule has 2 aromatic carbocycles. The lowest BCUT2D eigenvalue weighted by molar-refractivity contribution is -0.292. The molecule has 1 unspecified atom stereocenters. The van der Waals surface area contributed by atoms with Gasteiger partial charge in [0.25, 0.3) is 0 Å². The Morgan fingerprint density at radius 2 is 1.67 bits per heavy atom. The maximum atomic E-state index is 12.4. The maximum absolute atomic E-state index is 12.4. The third-order valence-corrected chi connectivity index (χ3v) is 5.30. The smallest absolute Gasteiger partial charge is 0.312 e. The Hall–Kier alpha value is -1.91. The molecule has 0 radical (unpaired) electrons. The summed E-state index contributed by atoms with van der Waals surface area (Å²) in [5, 5.41) is 42.8. The number of rotatable bonds is 6. The van der Waals surface area contributed by atoms with Crippen LogP contribution in [0.2, 0.25) is 10.0 Å². The van der Waals surface area contributed by atoms with Crippen LogP contribution in [0.1, 0.15) is 5.56 Å². The summed E-state index contributed by atoms with van der Waals surface area (Å²) in [4.78, 5) is 12.4. The summed E-state index contributed by atoms with van der Waals surface area (Å²) >= 11 is 12.4. The van der Waals surface area contributed by atoms with Crippen molar-refractivity contribution in [3.63, 3.8) is 0 Å². The summed E-state index contributed by atoms with van der Waals surface area (Å²) in [6, 6.07) is 12.0. The molecule has 162 valence electrons. The number of aliphatic hydroxyl groups excluding tert-OH is 4. The van der Waals surface area contributed by atoms with Crippen molar-refractivity contribution in [1.82, 2.24) is 0 Å². The molecule has 0 spiro atoms. The number of para-hydroxylation sites is 2. The van der Waals surface area contributed by atoms with Gasteiger partial charge >= 0.3 is 5.97 Å². The highest BCUT2D eigenvalue weighted by Crippen LogP contribution is 2.33. The standard InChI is InChI=1S/C20H21Cl2NO7/c21-11-5-3-6-12(22)16(11)23-13-7-2-1-4-10(13)8-15(25)30-20-19(28)18(27)17(26)14(9-24)29-20/h1-7,14,17-20,23-24,26-28H,8-9H2/t14-,17-,18+,19-,20?/m1/s1. The molecule has 1 saturated heterocycles. The Morgan fingerprint density at radius 3 is 2.33 bits per heavy atom. The summed E-state index contributed by atoms with van der Waals surface area (Å²) < 4.78 is 10.3. The minimum absolute atomic E-state index is 0.194. The minimum atomic E-state index is -1.66. The summed E-state index contributed by atoms with van der Waals surface area (Å²) in [5.41, 5.74) is 1.61. The van der Waals surface area contributed by atoms with Crippen LogP contribution in [0, 0.1) is 0 Å². The average molecular weight is 458 g/mol. The number of hydrogen-bond acceptors (Lipinski definition) is 8. The number of ether oxygens (including phenoxy) is 2. The first-order chi connectivity index (χ1) is 14.3. The van der Waals surface area contributed by atoms with Gasteiger partial charge in [0, 0.05) is 5.69 Å². The van der Waals surface area contributed by atoms with E-state index in [0.29, 0.717) is 27.0 Å². The molecule has 0 saturated carbocycles. The first-order valence-electron chi connectivity index (χ1n) is 9.10. The molecule has 1 aliphatic heterocycles. The molecule has 1 fully saturated rings. The lowest BCUT2D eigenvalue weighted by Gasteiger charge is -2.39. The molecule has 1 aliphatic rings. The number of benzene rings is 2. The molecule has 30 heavy (non-hydrogen) atoms. The van der Waals surface area contributed by atoms with Crippen molar-refractivity contribution in [3.8, 4) is 0 Å². The second kappa shape index (κ2) is 9.93. The van der Waals surface area contributed by atoms with Gasteiger partial charge in [-0.05, 0) is 23.8 Å². The molecule has 5 atom stereocenters. The van der Waals surface area contributed by atoms with E-state index in [2.05, 4.69) is 5.32 Å². The van der Waals surface area contributed by atoms with E-state index >= 15 is 0 Å². The third-order valence-electron chi connectivity index (χ3n) is 4.67. The summed E-state index contributed by atoms with van der Waals surface area (Å²) in [7, 11) is 0. The van der Waals surface area contributed by atoms with E-state index in [9.17, 15) is 25.2 Å². The largest absolute Gasteiger partial charge is 0.432 e. The zero-order valence-electron chi connectivity index (χ0n) is 15.6. The molecule has 1 heterocycles. The quantitative estimate of drug-likeness (QED) is 0.414. The Bertz CT molecular complexity index is 875. The monoisotopic (exact) mass is 457 g/mol. The molecular formula is C20H21Cl2NO7. The zero-order chi connectivity index (χ0) is 21.8. The van der Waals surface area contributed by atoms with E-state index in [-0.39, 0.29) is 6.42 Å². The molecule has 10 heteroatoms. The summed E-state index contributed by atoms with van der Waals surface area (Å²) in [6.07, 6.45) is -7.73. The van der Waals surface area contributed by atoms with Gasteiger partial charge in [0.15, 0.2) is 0 Å². The molecule has 5 N–H and O–H groups in total. The number of hydrogen-bond donors (Lipinski definition) is 5. The fraction of sp³-hybridized carbons (Fsp3) is 0.350. The van der Waals surface area contributed by atoms with Crippen molar-refractivity contribution < 1.29 is 34.7 Å². The highest BCUT2D eigenvalue weighted by molar-refractivity contribution is 6.39. The molecule has 0 aromatic heterocycles. The fourth-order valence-electron chi connectivity index (χ4n) is 3.04. The van der Waals surface area contributed by atoms with Crippen LogP contribution in [0.5, 0.6) is 0 Å². The number of esters is 1. The van der Waals surface area contributed by atoms with Gasteiger partial charge in [-0.1, -0.05) is 47.5 Å². The Labute approximate surface area is 182 Å². The Morgan fingerprint density at radius 1 is 1.00 bits per heavy atom. The second-order valence-electron chi connectivity index (χ2n) is 6.74. The van der Waals surface area contributed by atoms with Crippen LogP contribution in [0.3, 0.4) is 0 Å². The predicted molar refractivity (Wildman–Crippen MR) is 110 cm³/mol. The number of halogens is 2. The van der Waals surface area contributed by atoms with Gasteiger partial charge in [0.1, 0.15) is 24.4 Å². The summed E-state index contributed by atoms with van der Waals surface area (Å²) in [5.74, 6) is -0.751. The third kappa shape index (κ3) is 5.04. The summed E-state index contributed by atoms with van der Waals surface area (Å²) in [6.45, 7) is -0.621. The van der Waals surface area contributed by atoms with E-state index in [0.717, 1.165) is 0 Å². The lowest BCUT2D eigenvalue weighted by Crippen LogP contribution is -2.59. The van der Waals surface area contributed by atoms with Crippen LogP contribution in [-0.4, -0.2) is 63.7 Å². The van der Waals surface area contributed by atoms with Gasteiger partial charge in [-0.3, -0.25) is 4.79 Å². The van der Waals surface area contributed by atoms with Crippen LogP contribution in [0.4, 0.5) is 11.4 Å². The van der Waals surface area contributed by atoms with Crippen LogP contribution >= 0.6 is 23.2 Å². The number of anilines is 2. The molecule has 2 aromatic rings. The SMILES string of the molecule is O=C(Cc1ccccc1Nc1c(Cl)cccc1Cl)OC1O[C@H](CO)[C@@H](O)[C@H](O)[C@H]1O. The number of nitrogens with one attached hydrogen (secondary N) is 1. The first-order valence-corrected chi connectivity index (χ1v) is 9.86. The Balaban J connectivity index is 1.72. The molecule has 8 nitrogen and oxygen atoms in total. The van der Waals surface area contributed by atoms with Crippen LogP contribution < -0.4 is 5.32 Å². The van der Waals surface area contributed by atoms with Gasteiger partial charge in [0.05, 0.1) is 28.8 Å². The van der Waals surface area contributed by atoms with E-state index in [1.807, 2.05) is 0 Å². The van der Waals surface area contributed by atoms with Gasteiger partial charge < -0.3 is 35.2 Å². The van der Waals surface area contributed by atoms with Crippen molar-refractivity contribution in [3.05, 3.63) is 58.1 Å². The molecule has 0 bridgehead atoms. The highest BCUT2D eigenvalue weighted by atomic mass is 35.5. The number of carbonyl (C=O) groups is 1. The minimum Gasteiger partial charge on any atom is -0.432 e. The van der Waals surface area contributed by atoms with E-state index in [4.69, 9.17) is 32.7 Å². The molecule has 0 aliphatic carbocycles. The van der Waals surface area contributed by atoms with Crippen molar-refractivity contribution in [1.29, 1.82) is 0 Å². The topological polar surface area (TPSA) is 128 Å². The maximum Gasteiger partial charge on any atom is 0.312 e. The number of aliphatic hydroxyl groups is 4. The van der Waals surface area contributed by atoms with Gasteiger partial charge in [-0.25, -0.2) is 0 Å². The van der Waals surface area contributed by atoms with E-state index < -0.39 is 43.3 Å². The normalized spacial score (nSPS) is 26.3. The second-order valence-corrected chi connectivity index (χ2v) is 7.56. The number of carbonyl (C=O) groups excluding carboxylic acids is 1. The van der Waals surface area contributed by atoms with Crippen LogP contribution in [0.15, 0.2) is 42.5 Å². The highest BCUT2D eigenvalue weighted by Gasteiger charge is 2.45. The van der Waals surface area contributed by atoms with Gasteiger partial charge in [0.2, 0.25) is 6.29 Å². The molecule has 3 rings (SSSR count). The molecular weight excluding hydrogens is 437 g/mol. The zero-order valence-corrected chi connectivity index (χ0v) is 17.1. The van der Waals surface area contributed by atoms with E-state index in [1.54, 1.807) is 42.5 Å². The van der Waals surface area contributed by atoms with Crippen molar-refractivity contribution in [2.75, 3.05) is 11.9 Å². The van der Waals surface area contributed by atoms with Crippen molar-refractivity contribution in [2.45, 2.75) is 37.1 Å². The Kier molecular flexibility index (Phi) is 7.54. The average Bonchev–Trinajstić information content (AvgIpc) is 2.72. The van der Waals surface area contributed by atoms with Crippen LogP contribution in [-0.2, 0) is 20.7 Å². The van der Waals surface area contributed by atoms with Crippen molar-refractivity contribution in [2.24, 2.45) is 0 Å². The van der Waals surface area contributed by atoms with E-state index in [1.165, 1.54) is 0 Å². The van der Waals surface area contributed by atoms with Gasteiger partial charge in [-0.2, -0.15) is 0 Å². The van der Waals surface area contributed by atoms with Crippen LogP contribution in [0.25, 0.3) is 0 Å². The predicted octanol–water partition coefficient (Wildman–Crippen LogP) is 1.62.